The van der Waals surface area contributed by atoms with Crippen LogP contribution >= 0.6 is 10.7 Å². The molecule has 7 heteroatoms. The third-order valence-corrected chi connectivity index (χ3v) is 4.34. The molecule has 0 fully saturated rings. The van der Waals surface area contributed by atoms with Crippen LogP contribution in [0.5, 0.6) is 0 Å². The molecule has 0 aliphatic rings. The predicted octanol–water partition coefficient (Wildman–Crippen LogP) is 3.24. The molecule has 5 nitrogen and oxygen atoms in total. The first-order valence-electron chi connectivity index (χ1n) is 7.05. The summed E-state index contributed by atoms with van der Waals surface area (Å²) in [5, 5.41) is 0. The molecule has 0 radical (unpaired) electrons. The molecular weight excluding hydrogens is 326 g/mol. The van der Waals surface area contributed by atoms with E-state index < -0.39 is 21.2 Å². The molecule has 0 N–H and O–H groups in total. The Morgan fingerprint density at radius 3 is 2.36 bits per heavy atom. The lowest BCUT2D eigenvalue weighted by molar-refractivity contribution is 0.0907. The Balaban J connectivity index is 2.67. The van der Waals surface area contributed by atoms with Crippen LogP contribution in [0.2, 0.25) is 0 Å². The summed E-state index contributed by atoms with van der Waals surface area (Å²) in [7, 11) is 3.16. The number of amides is 1. The highest BCUT2D eigenvalue weighted by molar-refractivity contribution is 8.13. The Kier molecular flexibility index (Phi) is 7.16. The summed E-state index contributed by atoms with van der Waals surface area (Å²) in [6.07, 6.45) is -0.0297. The second-order valence-electron chi connectivity index (χ2n) is 5.64. The van der Waals surface area contributed by atoms with Gasteiger partial charge in [-0.05, 0) is 17.9 Å². The highest BCUT2D eigenvalue weighted by Gasteiger charge is 2.26. The summed E-state index contributed by atoms with van der Waals surface area (Å²) in [5.41, 5.74) is 0.870. The predicted molar refractivity (Wildman–Crippen MR) is 87.3 cm³/mol. The summed E-state index contributed by atoms with van der Waals surface area (Å²) in [6, 6.07) is 8.78. The van der Waals surface area contributed by atoms with Crippen molar-refractivity contribution in [2.24, 2.45) is 5.92 Å². The van der Waals surface area contributed by atoms with E-state index in [-0.39, 0.29) is 18.3 Å². The van der Waals surface area contributed by atoms with E-state index in [9.17, 15) is 13.2 Å². The average molecular weight is 348 g/mol. The van der Waals surface area contributed by atoms with Crippen LogP contribution in [0.15, 0.2) is 30.3 Å². The van der Waals surface area contributed by atoms with E-state index in [2.05, 4.69) is 0 Å². The van der Waals surface area contributed by atoms with Gasteiger partial charge in [-0.1, -0.05) is 44.2 Å². The van der Waals surface area contributed by atoms with Gasteiger partial charge in [-0.2, -0.15) is 0 Å². The van der Waals surface area contributed by atoms with Gasteiger partial charge >= 0.3 is 6.09 Å². The van der Waals surface area contributed by atoms with E-state index in [1.54, 1.807) is 0 Å². The van der Waals surface area contributed by atoms with Gasteiger partial charge in [0, 0.05) is 17.7 Å². The molecule has 0 spiro atoms. The molecule has 1 aromatic rings. The Labute approximate surface area is 136 Å². The van der Waals surface area contributed by atoms with E-state index in [0.29, 0.717) is 6.42 Å². The molecule has 0 aliphatic carbocycles. The first-order valence-corrected chi connectivity index (χ1v) is 9.52. The smallest absolute Gasteiger partial charge is 0.410 e. The molecule has 1 amide bonds. The number of halogens is 1. The Bertz CT molecular complexity index is 574. The van der Waals surface area contributed by atoms with Gasteiger partial charge in [0.25, 0.3) is 0 Å². The van der Waals surface area contributed by atoms with Crippen molar-refractivity contribution in [1.29, 1.82) is 0 Å². The zero-order chi connectivity index (χ0) is 16.8. The summed E-state index contributed by atoms with van der Waals surface area (Å²) in [4.78, 5) is 13.4. The van der Waals surface area contributed by atoms with Gasteiger partial charge in [-0.3, -0.25) is 0 Å². The zero-order valence-electron chi connectivity index (χ0n) is 13.0. The monoisotopic (exact) mass is 347 g/mol. The van der Waals surface area contributed by atoms with Crippen LogP contribution in [-0.2, 0) is 20.4 Å². The van der Waals surface area contributed by atoms with Gasteiger partial charge < -0.3 is 9.64 Å². The fourth-order valence-corrected chi connectivity index (χ4v) is 3.34. The van der Waals surface area contributed by atoms with E-state index in [1.807, 2.05) is 44.2 Å². The molecule has 0 bridgehead atoms. The van der Waals surface area contributed by atoms with Crippen molar-refractivity contribution in [3.05, 3.63) is 35.9 Å². The number of hydrogen-bond acceptors (Lipinski definition) is 4. The van der Waals surface area contributed by atoms with Crippen LogP contribution in [0.1, 0.15) is 25.8 Å². The standard InChI is InChI=1S/C15H22ClNO4S/c1-12(2)9-14(11-22(16,19)20)17(3)15(18)21-10-13-7-5-4-6-8-13/h4-8,12,14H,9-11H2,1-3H3. The molecule has 0 aliphatic heterocycles. The van der Waals surface area contributed by atoms with Gasteiger partial charge in [0.05, 0.1) is 11.8 Å². The molecule has 0 aromatic heterocycles. The summed E-state index contributed by atoms with van der Waals surface area (Å²) in [6.45, 7) is 4.06. The largest absolute Gasteiger partial charge is 0.445 e. The third kappa shape index (κ3) is 7.13. The van der Waals surface area contributed by atoms with E-state index >= 15 is 0 Å². The van der Waals surface area contributed by atoms with E-state index in [0.717, 1.165) is 5.56 Å². The lowest BCUT2D eigenvalue weighted by Gasteiger charge is -2.28. The van der Waals surface area contributed by atoms with Gasteiger partial charge in [-0.15, -0.1) is 0 Å². The van der Waals surface area contributed by atoms with Gasteiger partial charge in [-0.25, -0.2) is 13.2 Å². The topological polar surface area (TPSA) is 63.7 Å². The van der Waals surface area contributed by atoms with Gasteiger partial charge in [0.15, 0.2) is 0 Å². The molecule has 124 valence electrons. The lowest BCUT2D eigenvalue weighted by Crippen LogP contribution is -2.41. The third-order valence-electron chi connectivity index (χ3n) is 3.18. The SMILES string of the molecule is CC(C)CC(CS(=O)(=O)Cl)N(C)C(=O)OCc1ccccc1. The van der Waals surface area contributed by atoms with Crippen LogP contribution < -0.4 is 0 Å². The first kappa shape index (κ1) is 18.8. The van der Waals surface area contributed by atoms with Crippen LogP contribution in [0.4, 0.5) is 4.79 Å². The van der Waals surface area contributed by atoms with E-state index in [4.69, 9.17) is 15.4 Å². The number of hydrogen-bond donors (Lipinski definition) is 0. The summed E-state index contributed by atoms with van der Waals surface area (Å²) in [5.74, 6) is -0.0586. The molecule has 1 atom stereocenters. The average Bonchev–Trinajstić information content (AvgIpc) is 2.42. The van der Waals surface area contributed by atoms with Crippen LogP contribution in [0.25, 0.3) is 0 Å². The second-order valence-corrected chi connectivity index (χ2v) is 8.46. The Morgan fingerprint density at radius 2 is 1.86 bits per heavy atom. The van der Waals surface area contributed by atoms with Crippen molar-refractivity contribution >= 4 is 25.8 Å². The fraction of sp³-hybridized carbons (Fsp3) is 0.533. The number of carbonyl (C=O) groups excluding carboxylic acids is 1. The van der Waals surface area contributed by atoms with Crippen molar-refractivity contribution in [2.75, 3.05) is 12.8 Å². The minimum Gasteiger partial charge on any atom is -0.445 e. The maximum absolute atomic E-state index is 12.1. The van der Waals surface area contributed by atoms with E-state index in [1.165, 1.54) is 11.9 Å². The maximum Gasteiger partial charge on any atom is 0.410 e. The Morgan fingerprint density at radius 1 is 1.27 bits per heavy atom. The molecule has 1 rings (SSSR count). The molecule has 1 unspecified atom stereocenters. The number of rotatable bonds is 7. The fourth-order valence-electron chi connectivity index (χ4n) is 2.08. The zero-order valence-corrected chi connectivity index (χ0v) is 14.6. The molecule has 22 heavy (non-hydrogen) atoms. The van der Waals surface area contributed by atoms with Crippen LogP contribution in [-0.4, -0.2) is 38.3 Å². The minimum absolute atomic E-state index is 0.145. The molecular formula is C15H22ClNO4S. The highest BCUT2D eigenvalue weighted by Crippen LogP contribution is 2.16. The van der Waals surface area contributed by atoms with Crippen LogP contribution in [0, 0.1) is 5.92 Å². The quantitative estimate of drug-likeness (QED) is 0.710. The number of nitrogens with zero attached hydrogens (tertiary/aromatic N) is 1. The Hall–Kier alpha value is -1.27. The summed E-state index contributed by atoms with van der Waals surface area (Å²) >= 11 is 0. The maximum atomic E-state index is 12.1. The second kappa shape index (κ2) is 8.39. The molecule has 0 saturated heterocycles. The first-order chi connectivity index (χ1) is 10.2. The van der Waals surface area contributed by atoms with Gasteiger partial charge in [0.1, 0.15) is 6.61 Å². The molecule has 1 aromatic carbocycles. The number of ether oxygens (including phenoxy) is 1. The van der Waals surface area contributed by atoms with Crippen molar-refractivity contribution in [2.45, 2.75) is 32.9 Å². The minimum atomic E-state index is -3.69. The summed E-state index contributed by atoms with van der Waals surface area (Å²) < 4.78 is 27.8. The number of carbonyl (C=O) groups is 1. The highest BCUT2D eigenvalue weighted by atomic mass is 35.7. The van der Waals surface area contributed by atoms with Crippen molar-refractivity contribution in [3.63, 3.8) is 0 Å². The molecule has 0 heterocycles. The van der Waals surface area contributed by atoms with Gasteiger partial charge in [0.2, 0.25) is 9.05 Å². The lowest BCUT2D eigenvalue weighted by atomic mass is 10.0. The van der Waals surface area contributed by atoms with Crippen molar-refractivity contribution in [3.8, 4) is 0 Å². The van der Waals surface area contributed by atoms with Crippen molar-refractivity contribution in [1.82, 2.24) is 4.90 Å². The number of benzene rings is 1. The normalized spacial score (nSPS) is 13.0. The van der Waals surface area contributed by atoms with Crippen molar-refractivity contribution < 1.29 is 17.9 Å². The molecule has 0 saturated carbocycles. The van der Waals surface area contributed by atoms with Crippen LogP contribution in [0.3, 0.4) is 0 Å².